The molecule has 3 rings (SSSR count). The summed E-state index contributed by atoms with van der Waals surface area (Å²) in [5.74, 6) is 0.675. The van der Waals surface area contributed by atoms with E-state index in [-0.39, 0.29) is 0 Å². The topological polar surface area (TPSA) is 33.4 Å². The van der Waals surface area contributed by atoms with Gasteiger partial charge in [-0.1, -0.05) is 24.1 Å². The van der Waals surface area contributed by atoms with Gasteiger partial charge in [-0.15, -0.1) is 0 Å². The molecular formula is C17H20O2. The quantitative estimate of drug-likeness (QED) is 0.792. The lowest BCUT2D eigenvalue weighted by Crippen LogP contribution is -1.99. The molecule has 2 aromatic rings. The molecule has 100 valence electrons. The number of aryl methyl sites for hydroxylation is 1. The number of aliphatic hydroxyl groups is 1. The van der Waals surface area contributed by atoms with Crippen LogP contribution in [0.1, 0.15) is 49.5 Å². The number of hydrogen-bond acceptors (Lipinski definition) is 2. The van der Waals surface area contributed by atoms with Gasteiger partial charge in [-0.05, 0) is 56.4 Å². The largest absolute Gasteiger partial charge is 0.458 e. The van der Waals surface area contributed by atoms with E-state index < -0.39 is 6.10 Å². The first-order valence-electron chi connectivity index (χ1n) is 7.11. The predicted octanol–water partition coefficient (Wildman–Crippen LogP) is 4.67. The third-order valence-corrected chi connectivity index (χ3v) is 3.89. The summed E-state index contributed by atoms with van der Waals surface area (Å²) in [7, 11) is 0. The Bertz CT molecular complexity index is 607. The van der Waals surface area contributed by atoms with Crippen molar-refractivity contribution in [1.82, 2.24) is 0 Å². The highest BCUT2D eigenvalue weighted by atomic mass is 16.4. The van der Waals surface area contributed by atoms with E-state index in [1.807, 2.05) is 18.2 Å². The van der Waals surface area contributed by atoms with Crippen molar-refractivity contribution < 1.29 is 9.52 Å². The van der Waals surface area contributed by atoms with Crippen molar-refractivity contribution in [3.8, 4) is 0 Å². The molecule has 0 amide bonds. The van der Waals surface area contributed by atoms with E-state index in [0.717, 1.165) is 29.4 Å². The Kier molecular flexibility index (Phi) is 3.43. The average molecular weight is 256 g/mol. The number of rotatable bonds is 2. The first-order chi connectivity index (χ1) is 9.24. The molecule has 2 heteroatoms. The number of fused-ring (bicyclic) bond motifs is 1. The lowest BCUT2D eigenvalue weighted by atomic mass is 10.0. The molecule has 1 unspecified atom stereocenters. The van der Waals surface area contributed by atoms with Crippen molar-refractivity contribution in [1.29, 1.82) is 0 Å². The maximum Gasteiger partial charge on any atom is 0.138 e. The molecule has 0 fully saturated rings. The molecule has 1 atom stereocenters. The molecule has 1 N–H and O–H groups in total. The molecule has 0 aliphatic heterocycles. The minimum absolute atomic E-state index is 0.578. The average Bonchev–Trinajstić information content (AvgIpc) is 2.64. The smallest absolute Gasteiger partial charge is 0.138 e. The molecule has 0 radical (unpaired) electrons. The molecule has 1 aromatic heterocycles. The van der Waals surface area contributed by atoms with E-state index in [9.17, 15) is 5.11 Å². The molecule has 1 aliphatic carbocycles. The third kappa shape index (κ3) is 2.59. The maximum absolute atomic E-state index is 10.5. The second-order valence-corrected chi connectivity index (χ2v) is 5.47. The van der Waals surface area contributed by atoms with E-state index in [4.69, 9.17) is 4.42 Å². The Labute approximate surface area is 113 Å². The van der Waals surface area contributed by atoms with E-state index in [1.165, 1.54) is 24.8 Å². The number of hydrogen-bond donors (Lipinski definition) is 1. The van der Waals surface area contributed by atoms with Gasteiger partial charge < -0.3 is 9.52 Å². The van der Waals surface area contributed by atoms with Crippen LogP contribution in [-0.4, -0.2) is 5.11 Å². The molecule has 0 saturated carbocycles. The maximum atomic E-state index is 10.5. The first kappa shape index (κ1) is 12.5. The first-order valence-corrected chi connectivity index (χ1v) is 7.11. The fourth-order valence-electron chi connectivity index (χ4n) is 2.79. The monoisotopic (exact) mass is 256 g/mol. The zero-order chi connectivity index (χ0) is 13.2. The van der Waals surface area contributed by atoms with Gasteiger partial charge in [0.05, 0.1) is 0 Å². The van der Waals surface area contributed by atoms with Crippen LogP contribution in [0, 0.1) is 6.92 Å². The number of aliphatic hydroxyl groups excluding tert-OH is 1. The lowest BCUT2D eigenvalue weighted by molar-refractivity contribution is 0.183. The fraction of sp³-hybridized carbons (Fsp3) is 0.412. The fourth-order valence-corrected chi connectivity index (χ4v) is 2.79. The Balaban J connectivity index is 1.92. The predicted molar refractivity (Wildman–Crippen MR) is 77.1 cm³/mol. The van der Waals surface area contributed by atoms with Crippen LogP contribution in [-0.2, 0) is 0 Å². The van der Waals surface area contributed by atoms with Crippen LogP contribution in [0.25, 0.3) is 11.0 Å². The summed E-state index contributed by atoms with van der Waals surface area (Å²) in [5.41, 5.74) is 3.19. The van der Waals surface area contributed by atoms with Crippen LogP contribution in [0.3, 0.4) is 0 Å². The molecule has 0 saturated heterocycles. The van der Waals surface area contributed by atoms with Gasteiger partial charge in [0, 0.05) is 5.39 Å². The van der Waals surface area contributed by atoms with Gasteiger partial charge in [-0.3, -0.25) is 0 Å². The van der Waals surface area contributed by atoms with E-state index in [0.29, 0.717) is 5.76 Å². The zero-order valence-electron chi connectivity index (χ0n) is 11.4. The van der Waals surface area contributed by atoms with E-state index >= 15 is 0 Å². The molecular weight excluding hydrogens is 236 g/mol. The van der Waals surface area contributed by atoms with Crippen LogP contribution in [0.2, 0.25) is 0 Å². The standard InChI is InChI=1S/C17H20O2/c1-12-8-9-15-14(10-12)11-16(19-15)17(18)13-6-4-2-3-5-7-13/h6,8-11,17-18H,2-5,7H2,1H3. The number of furan rings is 1. The van der Waals surface area contributed by atoms with Crippen LogP contribution < -0.4 is 0 Å². The molecule has 0 spiro atoms. The van der Waals surface area contributed by atoms with Crippen molar-refractivity contribution >= 4 is 11.0 Å². The van der Waals surface area contributed by atoms with Crippen LogP contribution in [0.4, 0.5) is 0 Å². The summed E-state index contributed by atoms with van der Waals surface area (Å²) in [4.78, 5) is 0. The van der Waals surface area contributed by atoms with Crippen LogP contribution in [0.15, 0.2) is 40.3 Å². The number of allylic oxidation sites excluding steroid dienone is 1. The van der Waals surface area contributed by atoms with Gasteiger partial charge in [0.15, 0.2) is 0 Å². The SMILES string of the molecule is Cc1ccc2oc(C(O)C3=CCCCCC3)cc2c1. The third-order valence-electron chi connectivity index (χ3n) is 3.89. The molecule has 1 aromatic carbocycles. The highest BCUT2D eigenvalue weighted by Crippen LogP contribution is 2.32. The van der Waals surface area contributed by atoms with Crippen molar-refractivity contribution in [2.75, 3.05) is 0 Å². The Morgan fingerprint density at radius 1 is 1.16 bits per heavy atom. The summed E-state index contributed by atoms with van der Waals surface area (Å²) in [6, 6.07) is 8.07. The second kappa shape index (κ2) is 5.22. The highest BCUT2D eigenvalue weighted by Gasteiger charge is 2.18. The van der Waals surface area contributed by atoms with Gasteiger partial charge in [-0.2, -0.15) is 0 Å². The molecule has 0 bridgehead atoms. The second-order valence-electron chi connectivity index (χ2n) is 5.47. The van der Waals surface area contributed by atoms with Gasteiger partial charge in [0.2, 0.25) is 0 Å². The molecule has 19 heavy (non-hydrogen) atoms. The summed E-state index contributed by atoms with van der Waals surface area (Å²) in [6.07, 6.45) is 7.33. The van der Waals surface area contributed by atoms with Gasteiger partial charge in [-0.25, -0.2) is 0 Å². The zero-order valence-corrected chi connectivity index (χ0v) is 11.4. The minimum atomic E-state index is -0.578. The number of benzene rings is 1. The highest BCUT2D eigenvalue weighted by molar-refractivity contribution is 5.78. The van der Waals surface area contributed by atoms with Crippen LogP contribution >= 0.6 is 0 Å². The molecule has 1 heterocycles. The normalized spacial score (nSPS) is 18.1. The summed E-state index contributed by atoms with van der Waals surface area (Å²) in [5, 5.41) is 11.6. The minimum Gasteiger partial charge on any atom is -0.458 e. The van der Waals surface area contributed by atoms with Crippen molar-refractivity contribution in [3.05, 3.63) is 47.2 Å². The summed E-state index contributed by atoms with van der Waals surface area (Å²) in [6.45, 7) is 2.07. The van der Waals surface area contributed by atoms with Crippen molar-refractivity contribution in [2.45, 2.75) is 45.1 Å². The van der Waals surface area contributed by atoms with Gasteiger partial charge in [0.25, 0.3) is 0 Å². The van der Waals surface area contributed by atoms with Crippen molar-refractivity contribution in [3.63, 3.8) is 0 Å². The molecule has 2 nitrogen and oxygen atoms in total. The Morgan fingerprint density at radius 3 is 2.95 bits per heavy atom. The molecule has 1 aliphatic rings. The Morgan fingerprint density at radius 2 is 2.05 bits per heavy atom. The van der Waals surface area contributed by atoms with Crippen LogP contribution in [0.5, 0.6) is 0 Å². The lowest BCUT2D eigenvalue weighted by Gasteiger charge is -2.11. The summed E-state index contributed by atoms with van der Waals surface area (Å²) >= 11 is 0. The van der Waals surface area contributed by atoms with Gasteiger partial charge >= 0.3 is 0 Å². The van der Waals surface area contributed by atoms with Crippen molar-refractivity contribution in [2.24, 2.45) is 0 Å². The Hall–Kier alpha value is -1.54. The van der Waals surface area contributed by atoms with E-state index in [1.54, 1.807) is 0 Å². The summed E-state index contributed by atoms with van der Waals surface area (Å²) < 4.78 is 5.79. The van der Waals surface area contributed by atoms with E-state index in [2.05, 4.69) is 19.1 Å². The van der Waals surface area contributed by atoms with Gasteiger partial charge in [0.1, 0.15) is 17.4 Å².